The Hall–Kier alpha value is -1.07. The van der Waals surface area contributed by atoms with Crippen molar-refractivity contribution in [3.8, 4) is 0 Å². The molecule has 0 aliphatic heterocycles. The van der Waals surface area contributed by atoms with Gasteiger partial charge in [0.2, 0.25) is 0 Å². The van der Waals surface area contributed by atoms with E-state index in [2.05, 4.69) is 24.0 Å². The first-order valence-corrected chi connectivity index (χ1v) is 10.4. The van der Waals surface area contributed by atoms with Crippen molar-refractivity contribution in [3.63, 3.8) is 0 Å². The number of aliphatic hydroxyl groups is 2. The summed E-state index contributed by atoms with van der Waals surface area (Å²) in [6, 6.07) is 0. The second-order valence-electron chi connectivity index (χ2n) is 10.4. The molecule has 3 fully saturated rings. The van der Waals surface area contributed by atoms with Gasteiger partial charge in [-0.3, -0.25) is 9.89 Å². The number of aromatic nitrogens is 2. The van der Waals surface area contributed by atoms with Crippen LogP contribution in [0.1, 0.15) is 64.1 Å². The number of aromatic amines is 2. The first-order chi connectivity index (χ1) is 12.2. The van der Waals surface area contributed by atoms with Gasteiger partial charge in [0, 0.05) is 16.7 Å². The maximum absolute atomic E-state index is 12.2. The minimum atomic E-state index is -0.988. The Labute approximate surface area is 154 Å². The van der Waals surface area contributed by atoms with Crippen LogP contribution in [0.2, 0.25) is 0 Å². The Kier molecular flexibility index (Phi) is 3.31. The van der Waals surface area contributed by atoms with E-state index in [1.165, 1.54) is 12.8 Å². The molecule has 1 aromatic heterocycles. The van der Waals surface area contributed by atoms with Crippen LogP contribution >= 0.6 is 0 Å². The van der Waals surface area contributed by atoms with Gasteiger partial charge >= 0.3 is 0 Å². The average Bonchev–Trinajstić information content (AvgIpc) is 3.02. The number of fused-ring (bicyclic) bond motifs is 6. The highest BCUT2D eigenvalue weighted by Crippen LogP contribution is 2.67. The van der Waals surface area contributed by atoms with Gasteiger partial charge < -0.3 is 15.3 Å². The molecule has 3 saturated carbocycles. The highest BCUT2D eigenvalue weighted by atomic mass is 16.3. The maximum Gasteiger partial charge on any atom is 0.267 e. The maximum atomic E-state index is 12.2. The van der Waals surface area contributed by atoms with Gasteiger partial charge in [0.1, 0.15) is 0 Å². The normalized spacial score (nSPS) is 52.7. The third kappa shape index (κ3) is 1.86. The fourth-order valence-electron chi connectivity index (χ4n) is 7.79. The van der Waals surface area contributed by atoms with Crippen molar-refractivity contribution in [2.75, 3.05) is 0 Å². The van der Waals surface area contributed by atoms with Gasteiger partial charge in [0.05, 0.1) is 11.7 Å². The molecule has 0 unspecified atom stereocenters. The molecule has 0 spiro atoms. The molecule has 0 saturated heterocycles. The molecule has 0 amide bonds. The molecule has 0 radical (unpaired) electrons. The van der Waals surface area contributed by atoms with Crippen LogP contribution in [0.25, 0.3) is 0 Å². The van der Waals surface area contributed by atoms with Crippen LogP contribution in [0.15, 0.2) is 4.79 Å². The molecule has 5 heteroatoms. The summed E-state index contributed by atoms with van der Waals surface area (Å²) in [5, 5.41) is 27.5. The lowest BCUT2D eigenvalue weighted by atomic mass is 9.44. The van der Waals surface area contributed by atoms with Gasteiger partial charge in [-0.1, -0.05) is 13.8 Å². The summed E-state index contributed by atoms with van der Waals surface area (Å²) in [6.45, 7) is 6.46. The Morgan fingerprint density at radius 1 is 1.08 bits per heavy atom. The SMILES string of the molecule is C[C@]12Cc3c([nH][nH]c3=O)C[C@@H]1CC[C@@H]1[C@@H]2CC[C@@]2(C)[C@H]1C[C@@H](O)[C@]2(C)O. The lowest BCUT2D eigenvalue weighted by Gasteiger charge is -2.60. The van der Waals surface area contributed by atoms with Crippen LogP contribution in [-0.2, 0) is 12.8 Å². The van der Waals surface area contributed by atoms with E-state index in [0.29, 0.717) is 23.7 Å². The minimum Gasteiger partial charge on any atom is -0.390 e. The Bertz CT molecular complexity index is 795. The van der Waals surface area contributed by atoms with Crippen molar-refractivity contribution in [1.82, 2.24) is 10.2 Å². The summed E-state index contributed by atoms with van der Waals surface area (Å²) < 4.78 is 0. The Balaban J connectivity index is 1.53. The molecule has 4 N–H and O–H groups in total. The fraction of sp³-hybridized carbons (Fsp3) is 0.857. The van der Waals surface area contributed by atoms with Crippen molar-refractivity contribution in [2.45, 2.75) is 77.4 Å². The van der Waals surface area contributed by atoms with Crippen LogP contribution < -0.4 is 5.56 Å². The summed E-state index contributed by atoms with van der Waals surface area (Å²) in [4.78, 5) is 12.2. The Morgan fingerprint density at radius 3 is 2.62 bits per heavy atom. The van der Waals surface area contributed by atoms with Crippen LogP contribution in [0.3, 0.4) is 0 Å². The fourth-order valence-corrected chi connectivity index (χ4v) is 7.79. The van der Waals surface area contributed by atoms with Crippen LogP contribution in [-0.4, -0.2) is 32.1 Å². The topological polar surface area (TPSA) is 89.1 Å². The number of nitrogens with one attached hydrogen (secondary N) is 2. The lowest BCUT2D eigenvalue weighted by molar-refractivity contribution is -0.155. The molecule has 5 rings (SSSR count). The molecular formula is C21H32N2O3. The molecule has 4 aliphatic carbocycles. The quantitative estimate of drug-likeness (QED) is 0.573. The molecule has 26 heavy (non-hydrogen) atoms. The van der Waals surface area contributed by atoms with Crippen LogP contribution in [0.5, 0.6) is 0 Å². The second kappa shape index (κ2) is 5.05. The van der Waals surface area contributed by atoms with Crippen molar-refractivity contribution < 1.29 is 10.2 Å². The third-order valence-corrected chi connectivity index (χ3v) is 9.71. The average molecular weight is 360 g/mol. The highest BCUT2D eigenvalue weighted by molar-refractivity contribution is 5.26. The van der Waals surface area contributed by atoms with Gasteiger partial charge in [-0.25, -0.2) is 0 Å². The van der Waals surface area contributed by atoms with Gasteiger partial charge in [0.25, 0.3) is 5.56 Å². The van der Waals surface area contributed by atoms with Gasteiger partial charge in [0.15, 0.2) is 0 Å². The molecule has 0 aromatic carbocycles. The van der Waals surface area contributed by atoms with Gasteiger partial charge in [-0.15, -0.1) is 0 Å². The van der Waals surface area contributed by atoms with Gasteiger partial charge in [-0.2, -0.15) is 0 Å². The zero-order valence-electron chi connectivity index (χ0n) is 16.1. The monoisotopic (exact) mass is 360 g/mol. The molecule has 1 heterocycles. The smallest absolute Gasteiger partial charge is 0.267 e. The van der Waals surface area contributed by atoms with E-state index < -0.39 is 11.7 Å². The van der Waals surface area contributed by atoms with E-state index in [0.717, 1.165) is 43.4 Å². The van der Waals surface area contributed by atoms with Crippen molar-refractivity contribution >= 4 is 0 Å². The van der Waals surface area contributed by atoms with Crippen LogP contribution in [0.4, 0.5) is 0 Å². The first kappa shape index (κ1) is 17.1. The van der Waals surface area contributed by atoms with E-state index in [1.807, 2.05) is 6.92 Å². The summed E-state index contributed by atoms with van der Waals surface area (Å²) in [7, 11) is 0. The van der Waals surface area contributed by atoms with Crippen molar-refractivity contribution in [3.05, 3.63) is 21.6 Å². The molecular weight excluding hydrogens is 328 g/mol. The Morgan fingerprint density at radius 2 is 1.85 bits per heavy atom. The van der Waals surface area contributed by atoms with Crippen molar-refractivity contribution in [1.29, 1.82) is 0 Å². The number of hydrogen-bond acceptors (Lipinski definition) is 3. The zero-order chi connectivity index (χ0) is 18.5. The zero-order valence-corrected chi connectivity index (χ0v) is 16.1. The molecule has 0 bridgehead atoms. The van der Waals surface area contributed by atoms with Crippen molar-refractivity contribution in [2.24, 2.45) is 34.5 Å². The van der Waals surface area contributed by atoms with E-state index in [9.17, 15) is 15.0 Å². The lowest BCUT2D eigenvalue weighted by Crippen LogP contribution is -2.57. The molecule has 5 nitrogen and oxygen atoms in total. The molecule has 1 aromatic rings. The predicted molar refractivity (Wildman–Crippen MR) is 98.7 cm³/mol. The van der Waals surface area contributed by atoms with E-state index >= 15 is 0 Å². The number of hydrogen-bond donors (Lipinski definition) is 4. The van der Waals surface area contributed by atoms with Crippen LogP contribution in [0, 0.1) is 34.5 Å². The second-order valence-corrected chi connectivity index (χ2v) is 10.4. The number of aliphatic hydroxyl groups excluding tert-OH is 1. The number of rotatable bonds is 0. The largest absolute Gasteiger partial charge is 0.390 e. The summed E-state index contributed by atoms with van der Waals surface area (Å²) in [5.41, 5.74) is 1.12. The minimum absolute atomic E-state index is 0.0571. The number of H-pyrrole nitrogens is 2. The molecule has 4 aliphatic rings. The standard InChI is InChI=1S/C21H32N2O3/c1-19-10-13-16(22-23-18(13)25)8-11(19)4-5-12-14(19)6-7-20(2)15(12)9-17(24)21(20,3)26/h11-12,14-15,17,24,26H,4-10H2,1-3H3,(H2,22,23,25)/t11-,12+,14-,15-,17+,19-,20-,21-/m0/s1. The van der Waals surface area contributed by atoms with E-state index in [4.69, 9.17) is 0 Å². The van der Waals surface area contributed by atoms with E-state index in [1.54, 1.807) is 0 Å². The first-order valence-electron chi connectivity index (χ1n) is 10.4. The van der Waals surface area contributed by atoms with Gasteiger partial charge in [-0.05, 0) is 81.0 Å². The molecule has 144 valence electrons. The van der Waals surface area contributed by atoms with E-state index in [-0.39, 0.29) is 16.4 Å². The highest BCUT2D eigenvalue weighted by Gasteiger charge is 2.66. The summed E-state index contributed by atoms with van der Waals surface area (Å²) in [6.07, 6.45) is 6.42. The third-order valence-electron chi connectivity index (χ3n) is 9.71. The molecule has 8 atom stereocenters. The predicted octanol–water partition coefficient (Wildman–Crippen LogP) is 2.38. The summed E-state index contributed by atoms with van der Waals surface area (Å²) in [5.74, 6) is 2.15. The summed E-state index contributed by atoms with van der Waals surface area (Å²) >= 11 is 0.